The average Bonchev–Trinajstić information content (AvgIpc) is 2.24. The summed E-state index contributed by atoms with van der Waals surface area (Å²) < 4.78 is 18.8. The second kappa shape index (κ2) is 6.93. The van der Waals surface area contributed by atoms with Crippen LogP contribution in [0.2, 0.25) is 0 Å². The molecule has 0 radical (unpaired) electrons. The maximum atomic E-state index is 12.9. The Kier molecular flexibility index (Phi) is 5.84. The van der Waals surface area contributed by atoms with Crippen LogP contribution in [0, 0.1) is 9.39 Å². The fourth-order valence-corrected chi connectivity index (χ4v) is 1.98. The molecular formula is C13H18FIN2O2. The van der Waals surface area contributed by atoms with Crippen LogP contribution in [0.4, 0.5) is 14.9 Å². The second-order valence-corrected chi connectivity index (χ2v) is 6.14. The Balaban J connectivity index is 2.29. The molecule has 0 aromatic heterocycles. The Morgan fingerprint density at radius 2 is 2.05 bits per heavy atom. The number of benzene rings is 1. The Morgan fingerprint density at radius 1 is 1.37 bits per heavy atom. The van der Waals surface area contributed by atoms with Gasteiger partial charge in [-0.15, -0.1) is 0 Å². The molecule has 2 N–H and O–H groups in total. The average molecular weight is 380 g/mol. The van der Waals surface area contributed by atoms with E-state index in [0.717, 1.165) is 9.26 Å². The lowest BCUT2D eigenvalue weighted by Gasteiger charge is -2.19. The highest BCUT2D eigenvalue weighted by Gasteiger charge is 2.15. The van der Waals surface area contributed by atoms with Gasteiger partial charge in [0.1, 0.15) is 11.4 Å². The Bertz CT molecular complexity index is 447. The van der Waals surface area contributed by atoms with Gasteiger partial charge in [0, 0.05) is 22.3 Å². The number of alkyl carbamates (subject to hydrolysis) is 1. The lowest BCUT2D eigenvalue weighted by atomic mass is 10.2. The van der Waals surface area contributed by atoms with Gasteiger partial charge in [-0.1, -0.05) is 0 Å². The molecule has 0 saturated heterocycles. The largest absolute Gasteiger partial charge is 0.444 e. The molecule has 1 aromatic rings. The highest BCUT2D eigenvalue weighted by Crippen LogP contribution is 2.18. The summed E-state index contributed by atoms with van der Waals surface area (Å²) in [6.07, 6.45) is -0.442. The fraction of sp³-hybridized carbons (Fsp3) is 0.462. The molecule has 0 fully saturated rings. The number of amides is 1. The van der Waals surface area contributed by atoms with Gasteiger partial charge < -0.3 is 15.4 Å². The molecule has 1 aromatic carbocycles. The summed E-state index contributed by atoms with van der Waals surface area (Å²) in [5, 5.41) is 5.75. The third-order valence-electron chi connectivity index (χ3n) is 2.04. The summed E-state index contributed by atoms with van der Waals surface area (Å²) in [6.45, 7) is 6.41. The van der Waals surface area contributed by atoms with E-state index >= 15 is 0 Å². The van der Waals surface area contributed by atoms with Crippen molar-refractivity contribution in [1.29, 1.82) is 0 Å². The third-order valence-corrected chi connectivity index (χ3v) is 2.93. The fourth-order valence-electron chi connectivity index (χ4n) is 1.31. The molecule has 0 aliphatic carbocycles. The van der Waals surface area contributed by atoms with Crippen molar-refractivity contribution in [2.75, 3.05) is 18.4 Å². The zero-order valence-corrected chi connectivity index (χ0v) is 13.4. The van der Waals surface area contributed by atoms with Crippen LogP contribution in [0.1, 0.15) is 20.8 Å². The normalized spacial score (nSPS) is 11.0. The molecule has 0 atom stereocenters. The van der Waals surface area contributed by atoms with Crippen molar-refractivity contribution in [2.45, 2.75) is 26.4 Å². The molecule has 6 heteroatoms. The van der Waals surface area contributed by atoms with Gasteiger partial charge >= 0.3 is 6.09 Å². The third kappa shape index (κ3) is 6.60. The molecule has 1 amide bonds. The summed E-state index contributed by atoms with van der Waals surface area (Å²) in [7, 11) is 0. The van der Waals surface area contributed by atoms with E-state index in [2.05, 4.69) is 33.2 Å². The predicted molar refractivity (Wildman–Crippen MR) is 81.8 cm³/mol. The van der Waals surface area contributed by atoms with Crippen molar-refractivity contribution in [3.8, 4) is 0 Å². The van der Waals surface area contributed by atoms with Gasteiger partial charge in [0.15, 0.2) is 0 Å². The van der Waals surface area contributed by atoms with Crippen LogP contribution in [0.3, 0.4) is 0 Å². The zero-order chi connectivity index (χ0) is 14.5. The van der Waals surface area contributed by atoms with Crippen molar-refractivity contribution in [2.24, 2.45) is 0 Å². The maximum Gasteiger partial charge on any atom is 0.407 e. The molecular weight excluding hydrogens is 362 g/mol. The highest BCUT2D eigenvalue weighted by atomic mass is 127. The SMILES string of the molecule is CC(C)(C)OC(=O)NCCNc1ccc(F)cc1I. The van der Waals surface area contributed by atoms with Crippen molar-refractivity contribution >= 4 is 34.4 Å². The molecule has 4 nitrogen and oxygen atoms in total. The van der Waals surface area contributed by atoms with E-state index in [9.17, 15) is 9.18 Å². The van der Waals surface area contributed by atoms with E-state index < -0.39 is 11.7 Å². The molecule has 106 valence electrons. The number of hydrogen-bond donors (Lipinski definition) is 2. The molecule has 0 aliphatic rings. The van der Waals surface area contributed by atoms with E-state index in [1.807, 2.05) is 20.8 Å². The first-order valence-corrected chi connectivity index (χ1v) is 7.01. The lowest BCUT2D eigenvalue weighted by Crippen LogP contribution is -2.35. The van der Waals surface area contributed by atoms with Gasteiger partial charge in [0.2, 0.25) is 0 Å². The van der Waals surface area contributed by atoms with Crippen LogP contribution >= 0.6 is 22.6 Å². The number of rotatable bonds is 4. The van der Waals surface area contributed by atoms with Gasteiger partial charge in [0.25, 0.3) is 0 Å². The quantitative estimate of drug-likeness (QED) is 0.622. The van der Waals surface area contributed by atoms with E-state index in [-0.39, 0.29) is 5.82 Å². The first kappa shape index (κ1) is 16.0. The number of carbonyl (C=O) groups excluding carboxylic acids is 1. The Morgan fingerprint density at radius 3 is 2.63 bits per heavy atom. The minimum atomic E-state index is -0.496. The van der Waals surface area contributed by atoms with Crippen molar-refractivity contribution in [3.63, 3.8) is 0 Å². The molecule has 0 aliphatic heterocycles. The van der Waals surface area contributed by atoms with Crippen LogP contribution < -0.4 is 10.6 Å². The van der Waals surface area contributed by atoms with Crippen molar-refractivity contribution in [3.05, 3.63) is 27.6 Å². The summed E-state index contributed by atoms with van der Waals surface area (Å²) >= 11 is 2.05. The number of hydrogen-bond acceptors (Lipinski definition) is 3. The molecule has 0 saturated carbocycles. The molecule has 19 heavy (non-hydrogen) atoms. The molecule has 0 spiro atoms. The van der Waals surface area contributed by atoms with Crippen LogP contribution in [0.25, 0.3) is 0 Å². The number of carbonyl (C=O) groups is 1. The monoisotopic (exact) mass is 380 g/mol. The molecule has 0 unspecified atom stereocenters. The maximum absolute atomic E-state index is 12.9. The number of halogens is 2. The topological polar surface area (TPSA) is 50.4 Å². The van der Waals surface area contributed by atoms with E-state index in [1.54, 1.807) is 6.07 Å². The molecule has 1 rings (SSSR count). The minimum Gasteiger partial charge on any atom is -0.444 e. The number of ether oxygens (including phenoxy) is 1. The van der Waals surface area contributed by atoms with Crippen LogP contribution in [-0.2, 0) is 4.74 Å². The Hall–Kier alpha value is -1.05. The first-order chi connectivity index (χ1) is 8.78. The van der Waals surface area contributed by atoms with E-state index in [1.165, 1.54) is 12.1 Å². The highest BCUT2D eigenvalue weighted by molar-refractivity contribution is 14.1. The van der Waals surface area contributed by atoms with Crippen LogP contribution in [0.5, 0.6) is 0 Å². The van der Waals surface area contributed by atoms with Gasteiger partial charge in [0.05, 0.1) is 0 Å². The van der Waals surface area contributed by atoms with Crippen LogP contribution in [-0.4, -0.2) is 24.8 Å². The van der Waals surface area contributed by atoms with Gasteiger partial charge in [-0.3, -0.25) is 0 Å². The lowest BCUT2D eigenvalue weighted by molar-refractivity contribution is 0.0530. The van der Waals surface area contributed by atoms with Crippen LogP contribution in [0.15, 0.2) is 18.2 Å². The zero-order valence-electron chi connectivity index (χ0n) is 11.2. The second-order valence-electron chi connectivity index (χ2n) is 4.98. The van der Waals surface area contributed by atoms with Gasteiger partial charge in [-0.05, 0) is 61.6 Å². The number of anilines is 1. The summed E-state index contributed by atoms with van der Waals surface area (Å²) in [6, 6.07) is 4.51. The predicted octanol–water partition coefficient (Wildman–Crippen LogP) is 3.37. The van der Waals surface area contributed by atoms with Gasteiger partial charge in [-0.2, -0.15) is 0 Å². The standard InChI is InChI=1S/C13H18FIN2O2/c1-13(2,3)19-12(18)17-7-6-16-11-5-4-9(14)8-10(11)15/h4-5,8,16H,6-7H2,1-3H3,(H,17,18). The smallest absolute Gasteiger partial charge is 0.407 e. The first-order valence-electron chi connectivity index (χ1n) is 5.94. The van der Waals surface area contributed by atoms with E-state index in [0.29, 0.717) is 13.1 Å². The summed E-state index contributed by atoms with van der Waals surface area (Å²) in [5.41, 5.74) is 0.345. The Labute approximate surface area is 126 Å². The van der Waals surface area contributed by atoms with Gasteiger partial charge in [-0.25, -0.2) is 9.18 Å². The van der Waals surface area contributed by atoms with E-state index in [4.69, 9.17) is 4.74 Å². The molecule has 0 bridgehead atoms. The molecule has 0 heterocycles. The van der Waals surface area contributed by atoms with Crippen molar-refractivity contribution in [1.82, 2.24) is 5.32 Å². The van der Waals surface area contributed by atoms with Crippen molar-refractivity contribution < 1.29 is 13.9 Å². The minimum absolute atomic E-state index is 0.262. The number of nitrogens with one attached hydrogen (secondary N) is 2. The summed E-state index contributed by atoms with van der Waals surface area (Å²) in [4.78, 5) is 11.4. The summed E-state index contributed by atoms with van der Waals surface area (Å²) in [5.74, 6) is -0.262.